The molecule has 26 heavy (non-hydrogen) atoms. The molecule has 0 radical (unpaired) electrons. The van der Waals surface area contributed by atoms with Crippen LogP contribution in [0.1, 0.15) is 31.3 Å². The second-order valence-corrected chi connectivity index (χ2v) is 6.67. The van der Waals surface area contributed by atoms with Crippen LogP contribution in [0, 0.1) is 0 Å². The number of rotatable bonds is 7. The van der Waals surface area contributed by atoms with E-state index in [9.17, 15) is 4.79 Å². The van der Waals surface area contributed by atoms with Crippen molar-refractivity contribution in [1.29, 1.82) is 0 Å². The molecule has 0 aliphatic heterocycles. The average molecular weight is 368 g/mol. The van der Waals surface area contributed by atoms with Crippen molar-refractivity contribution in [2.24, 2.45) is 0 Å². The normalized spacial score (nSPS) is 11.9. The van der Waals surface area contributed by atoms with Crippen LogP contribution >= 0.6 is 11.8 Å². The highest BCUT2D eigenvalue weighted by atomic mass is 32.2. The molecule has 7 heteroatoms. The van der Waals surface area contributed by atoms with E-state index >= 15 is 0 Å². The van der Waals surface area contributed by atoms with Gasteiger partial charge in [0.1, 0.15) is 5.03 Å². The number of carbonyl (C=O) groups is 1. The highest BCUT2D eigenvalue weighted by molar-refractivity contribution is 8.00. The van der Waals surface area contributed by atoms with E-state index in [2.05, 4.69) is 20.4 Å². The van der Waals surface area contributed by atoms with Gasteiger partial charge in [0.25, 0.3) is 0 Å². The SMILES string of the molecule is CCc1nc(-c2cccnc2SCC(=O)NC(C)c2ccccc2)no1. The summed E-state index contributed by atoms with van der Waals surface area (Å²) in [6.07, 6.45) is 2.37. The number of amides is 1. The largest absolute Gasteiger partial charge is 0.349 e. The third-order valence-corrected chi connectivity index (χ3v) is 4.80. The molecule has 1 atom stereocenters. The minimum Gasteiger partial charge on any atom is -0.349 e. The lowest BCUT2D eigenvalue weighted by Gasteiger charge is -2.14. The van der Waals surface area contributed by atoms with Gasteiger partial charge in [-0.05, 0) is 24.6 Å². The number of pyridine rings is 1. The van der Waals surface area contributed by atoms with Crippen LogP contribution in [0.2, 0.25) is 0 Å². The van der Waals surface area contributed by atoms with Gasteiger partial charge in [0.05, 0.1) is 17.4 Å². The zero-order valence-electron chi connectivity index (χ0n) is 14.7. The van der Waals surface area contributed by atoms with Crippen molar-refractivity contribution in [2.75, 3.05) is 5.75 Å². The molecule has 3 rings (SSSR count). The first-order valence-corrected chi connectivity index (χ1v) is 9.41. The van der Waals surface area contributed by atoms with Crippen molar-refractivity contribution in [1.82, 2.24) is 20.4 Å². The van der Waals surface area contributed by atoms with Crippen LogP contribution in [0.5, 0.6) is 0 Å². The fourth-order valence-corrected chi connectivity index (χ4v) is 3.23. The Bertz CT molecular complexity index is 867. The maximum atomic E-state index is 12.3. The van der Waals surface area contributed by atoms with E-state index in [-0.39, 0.29) is 17.7 Å². The van der Waals surface area contributed by atoms with Crippen LogP contribution in [0.4, 0.5) is 0 Å². The molecule has 0 saturated carbocycles. The molecule has 134 valence electrons. The molecule has 2 heterocycles. The summed E-state index contributed by atoms with van der Waals surface area (Å²) in [5.41, 5.74) is 1.84. The Morgan fingerprint density at radius 3 is 2.77 bits per heavy atom. The predicted octanol–water partition coefficient (Wildman–Crippen LogP) is 3.66. The van der Waals surface area contributed by atoms with E-state index < -0.39 is 0 Å². The molecular weight excluding hydrogens is 348 g/mol. The fourth-order valence-electron chi connectivity index (χ4n) is 2.43. The lowest BCUT2D eigenvalue weighted by atomic mass is 10.1. The summed E-state index contributed by atoms with van der Waals surface area (Å²) in [6, 6.07) is 13.5. The van der Waals surface area contributed by atoms with Gasteiger partial charge in [0, 0.05) is 12.6 Å². The molecule has 0 bridgehead atoms. The summed E-state index contributed by atoms with van der Waals surface area (Å²) in [7, 11) is 0. The van der Waals surface area contributed by atoms with Crippen molar-refractivity contribution < 1.29 is 9.32 Å². The number of benzene rings is 1. The number of nitrogens with zero attached hydrogens (tertiary/aromatic N) is 3. The summed E-state index contributed by atoms with van der Waals surface area (Å²) >= 11 is 1.36. The molecule has 1 aromatic carbocycles. The summed E-state index contributed by atoms with van der Waals surface area (Å²) in [5.74, 6) is 1.29. The summed E-state index contributed by atoms with van der Waals surface area (Å²) < 4.78 is 5.17. The number of thioether (sulfide) groups is 1. The molecular formula is C19H20N4O2S. The van der Waals surface area contributed by atoms with Gasteiger partial charge < -0.3 is 9.84 Å². The van der Waals surface area contributed by atoms with Crippen molar-refractivity contribution in [3.8, 4) is 11.4 Å². The lowest BCUT2D eigenvalue weighted by molar-refractivity contribution is -0.119. The number of hydrogen-bond acceptors (Lipinski definition) is 6. The van der Waals surface area contributed by atoms with Gasteiger partial charge in [0.2, 0.25) is 17.6 Å². The minimum absolute atomic E-state index is 0.0446. The summed E-state index contributed by atoms with van der Waals surface area (Å²) in [5, 5.41) is 7.70. The molecule has 1 unspecified atom stereocenters. The van der Waals surface area contributed by atoms with Crippen molar-refractivity contribution >= 4 is 17.7 Å². The third kappa shape index (κ3) is 4.49. The molecule has 0 saturated heterocycles. The first kappa shape index (κ1) is 18.1. The van der Waals surface area contributed by atoms with E-state index in [4.69, 9.17) is 4.52 Å². The van der Waals surface area contributed by atoms with Crippen molar-refractivity contribution in [3.63, 3.8) is 0 Å². The standard InChI is InChI=1S/C19H20N4O2S/c1-3-17-22-18(23-25-17)15-10-7-11-20-19(15)26-12-16(24)21-13(2)14-8-5-4-6-9-14/h4-11,13H,3,12H2,1-2H3,(H,21,24). The first-order valence-electron chi connectivity index (χ1n) is 8.42. The van der Waals surface area contributed by atoms with E-state index in [1.165, 1.54) is 11.8 Å². The number of carbonyl (C=O) groups excluding carboxylic acids is 1. The van der Waals surface area contributed by atoms with Gasteiger partial charge in [0.15, 0.2) is 0 Å². The number of nitrogens with one attached hydrogen (secondary N) is 1. The van der Waals surface area contributed by atoms with E-state index in [0.29, 0.717) is 23.2 Å². The van der Waals surface area contributed by atoms with Crippen LogP contribution < -0.4 is 5.32 Å². The molecule has 0 aliphatic carbocycles. The Morgan fingerprint density at radius 1 is 1.23 bits per heavy atom. The Labute approximate surface area is 156 Å². The zero-order chi connectivity index (χ0) is 18.4. The zero-order valence-corrected chi connectivity index (χ0v) is 15.5. The average Bonchev–Trinajstić information content (AvgIpc) is 3.16. The highest BCUT2D eigenvalue weighted by Crippen LogP contribution is 2.27. The molecule has 2 aromatic heterocycles. The van der Waals surface area contributed by atoms with Gasteiger partial charge >= 0.3 is 0 Å². The molecule has 0 fully saturated rings. The van der Waals surface area contributed by atoms with Crippen molar-refractivity contribution in [3.05, 3.63) is 60.1 Å². The number of hydrogen-bond donors (Lipinski definition) is 1. The monoisotopic (exact) mass is 368 g/mol. The van der Waals surface area contributed by atoms with Crippen LogP contribution in [-0.4, -0.2) is 26.8 Å². The lowest BCUT2D eigenvalue weighted by Crippen LogP contribution is -2.28. The summed E-state index contributed by atoms with van der Waals surface area (Å²) in [6.45, 7) is 3.92. The Morgan fingerprint density at radius 2 is 2.04 bits per heavy atom. The fraction of sp³-hybridized carbons (Fsp3) is 0.263. The molecule has 1 N–H and O–H groups in total. The Balaban J connectivity index is 1.63. The van der Waals surface area contributed by atoms with Crippen LogP contribution in [0.15, 0.2) is 58.2 Å². The quantitative estimate of drug-likeness (QED) is 0.641. The van der Waals surface area contributed by atoms with Gasteiger partial charge in [-0.15, -0.1) is 0 Å². The van der Waals surface area contributed by atoms with Gasteiger partial charge in [-0.1, -0.05) is 54.2 Å². The van der Waals surface area contributed by atoms with E-state index in [0.717, 1.165) is 11.1 Å². The Hall–Kier alpha value is -2.67. The number of aryl methyl sites for hydroxylation is 1. The van der Waals surface area contributed by atoms with Gasteiger partial charge in [-0.3, -0.25) is 4.79 Å². The minimum atomic E-state index is -0.0506. The predicted molar refractivity (Wildman–Crippen MR) is 101 cm³/mol. The molecule has 1 amide bonds. The molecule has 0 aliphatic rings. The smallest absolute Gasteiger partial charge is 0.230 e. The van der Waals surface area contributed by atoms with Crippen LogP contribution in [0.25, 0.3) is 11.4 Å². The molecule has 3 aromatic rings. The topological polar surface area (TPSA) is 80.9 Å². The maximum Gasteiger partial charge on any atom is 0.230 e. The van der Waals surface area contributed by atoms with Gasteiger partial charge in [-0.25, -0.2) is 4.98 Å². The van der Waals surface area contributed by atoms with E-state index in [1.54, 1.807) is 6.20 Å². The summed E-state index contributed by atoms with van der Waals surface area (Å²) in [4.78, 5) is 21.0. The van der Waals surface area contributed by atoms with Crippen LogP contribution in [0.3, 0.4) is 0 Å². The number of aromatic nitrogens is 3. The van der Waals surface area contributed by atoms with E-state index in [1.807, 2.05) is 56.3 Å². The van der Waals surface area contributed by atoms with Crippen LogP contribution in [-0.2, 0) is 11.2 Å². The Kier molecular flexibility index (Phi) is 6.01. The molecule has 6 nitrogen and oxygen atoms in total. The molecule has 0 spiro atoms. The second-order valence-electron chi connectivity index (χ2n) is 5.71. The highest BCUT2D eigenvalue weighted by Gasteiger charge is 2.15. The van der Waals surface area contributed by atoms with Crippen molar-refractivity contribution in [2.45, 2.75) is 31.3 Å². The second kappa shape index (κ2) is 8.62. The maximum absolute atomic E-state index is 12.3. The van der Waals surface area contributed by atoms with Gasteiger partial charge in [-0.2, -0.15) is 4.98 Å². The third-order valence-electron chi connectivity index (χ3n) is 3.80. The first-order chi connectivity index (χ1) is 12.7.